The fraction of sp³-hybridized carbons (Fsp3) is 0.500. The number of aromatic nitrogens is 2. The second-order valence-corrected chi connectivity index (χ2v) is 8.37. The van der Waals surface area contributed by atoms with E-state index in [0.29, 0.717) is 30.2 Å². The zero-order valence-electron chi connectivity index (χ0n) is 18.5. The lowest BCUT2D eigenvalue weighted by molar-refractivity contribution is -0.123. The van der Waals surface area contributed by atoms with E-state index in [1.807, 2.05) is 25.5 Å². The Kier molecular flexibility index (Phi) is 6.74. The first-order valence-electron chi connectivity index (χ1n) is 10.4. The number of amides is 2. The van der Waals surface area contributed by atoms with Crippen molar-refractivity contribution in [2.45, 2.75) is 52.4 Å². The van der Waals surface area contributed by atoms with E-state index in [0.717, 1.165) is 18.6 Å². The molecule has 168 valence electrons. The molecular formula is C22H29F2N5O2. The van der Waals surface area contributed by atoms with Gasteiger partial charge in [0.1, 0.15) is 11.9 Å². The molecule has 0 aliphatic carbocycles. The van der Waals surface area contributed by atoms with Crippen LogP contribution in [-0.2, 0) is 17.9 Å². The van der Waals surface area contributed by atoms with Crippen LogP contribution in [0.25, 0.3) is 11.4 Å². The smallest absolute Gasteiger partial charge is 0.272 e. The molecule has 1 aliphatic rings. The number of hydrogen-bond acceptors (Lipinski definition) is 4. The molecule has 3 rings (SSSR count). The lowest BCUT2D eigenvalue weighted by Crippen LogP contribution is -2.49. The van der Waals surface area contributed by atoms with Crippen LogP contribution in [0.1, 0.15) is 43.4 Å². The molecule has 9 heteroatoms. The molecule has 1 unspecified atom stereocenters. The zero-order valence-corrected chi connectivity index (χ0v) is 18.5. The monoisotopic (exact) mass is 433 g/mol. The molecule has 2 heterocycles. The number of carbonyl (C=O) groups excluding carboxylic acids is 2. The second-order valence-electron chi connectivity index (χ2n) is 8.37. The van der Waals surface area contributed by atoms with Crippen molar-refractivity contribution in [3.8, 4) is 11.4 Å². The third-order valence-corrected chi connectivity index (χ3v) is 5.87. The minimum atomic E-state index is -0.973. The van der Waals surface area contributed by atoms with Gasteiger partial charge in [-0.25, -0.2) is 13.8 Å². The Morgan fingerprint density at radius 1 is 1.23 bits per heavy atom. The Morgan fingerprint density at radius 2 is 1.94 bits per heavy atom. The highest BCUT2D eigenvalue weighted by Gasteiger charge is 2.31. The predicted octanol–water partition coefficient (Wildman–Crippen LogP) is 2.55. The molecule has 7 nitrogen and oxygen atoms in total. The van der Waals surface area contributed by atoms with Crippen molar-refractivity contribution in [1.29, 1.82) is 0 Å². The standard InChI is InChI=1S/C22H29F2N5O2/c1-12(2)18(21(30)25-4)27-22(31)19-17-11-28(5)13(3)8-9-29(17)20(26-19)14-6-7-15(23)16(24)10-14/h6-7,10,12-13,18H,8-9,11H2,1-5H3,(H,25,30)(H,27,31)/t13?,18-/m0/s1. The highest BCUT2D eigenvalue weighted by atomic mass is 19.2. The van der Waals surface area contributed by atoms with Crippen LogP contribution in [0.3, 0.4) is 0 Å². The summed E-state index contributed by atoms with van der Waals surface area (Å²) in [4.78, 5) is 32.1. The molecule has 1 aromatic heterocycles. The third-order valence-electron chi connectivity index (χ3n) is 5.87. The first-order valence-corrected chi connectivity index (χ1v) is 10.4. The van der Waals surface area contributed by atoms with Crippen LogP contribution < -0.4 is 10.6 Å². The largest absolute Gasteiger partial charge is 0.357 e. The van der Waals surface area contributed by atoms with Crippen LogP contribution in [0.5, 0.6) is 0 Å². The minimum absolute atomic E-state index is 0.126. The molecule has 2 amide bonds. The van der Waals surface area contributed by atoms with E-state index in [2.05, 4.69) is 27.4 Å². The number of nitrogens with zero attached hydrogens (tertiary/aromatic N) is 3. The molecular weight excluding hydrogens is 404 g/mol. The van der Waals surface area contributed by atoms with Crippen molar-refractivity contribution in [1.82, 2.24) is 25.1 Å². The average molecular weight is 434 g/mol. The Bertz CT molecular complexity index is 989. The fourth-order valence-corrected chi connectivity index (χ4v) is 3.75. The maximum atomic E-state index is 13.9. The summed E-state index contributed by atoms with van der Waals surface area (Å²) in [6.07, 6.45) is 0.810. The van der Waals surface area contributed by atoms with E-state index < -0.39 is 23.6 Å². The van der Waals surface area contributed by atoms with Crippen molar-refractivity contribution in [3.05, 3.63) is 41.2 Å². The zero-order chi connectivity index (χ0) is 22.9. The van der Waals surface area contributed by atoms with Gasteiger partial charge in [0.15, 0.2) is 17.3 Å². The number of fused-ring (bicyclic) bond motifs is 1. The van der Waals surface area contributed by atoms with Gasteiger partial charge in [0, 0.05) is 31.7 Å². The van der Waals surface area contributed by atoms with Crippen molar-refractivity contribution in [2.75, 3.05) is 14.1 Å². The van der Waals surface area contributed by atoms with Crippen LogP contribution in [0.2, 0.25) is 0 Å². The van der Waals surface area contributed by atoms with Crippen molar-refractivity contribution in [3.63, 3.8) is 0 Å². The van der Waals surface area contributed by atoms with Crippen molar-refractivity contribution >= 4 is 11.8 Å². The summed E-state index contributed by atoms with van der Waals surface area (Å²) in [5, 5.41) is 5.35. The number of rotatable bonds is 5. The number of hydrogen-bond donors (Lipinski definition) is 2. The molecule has 0 saturated carbocycles. The van der Waals surface area contributed by atoms with Crippen LogP contribution in [0.15, 0.2) is 18.2 Å². The third kappa shape index (κ3) is 4.61. The average Bonchev–Trinajstić information content (AvgIpc) is 3.01. The Hall–Kier alpha value is -2.81. The van der Waals surface area contributed by atoms with E-state index in [4.69, 9.17) is 0 Å². The highest BCUT2D eigenvalue weighted by molar-refractivity contribution is 5.97. The molecule has 0 bridgehead atoms. The summed E-state index contributed by atoms with van der Waals surface area (Å²) in [7, 11) is 3.48. The van der Waals surface area contributed by atoms with Crippen molar-refractivity contribution in [2.24, 2.45) is 5.92 Å². The molecule has 1 aliphatic heterocycles. The van der Waals surface area contributed by atoms with Crippen LogP contribution in [-0.4, -0.2) is 52.4 Å². The lowest BCUT2D eigenvalue weighted by Gasteiger charge is -2.22. The van der Waals surface area contributed by atoms with E-state index in [1.54, 1.807) is 0 Å². The van der Waals surface area contributed by atoms with E-state index in [9.17, 15) is 18.4 Å². The van der Waals surface area contributed by atoms with E-state index in [1.165, 1.54) is 13.1 Å². The summed E-state index contributed by atoms with van der Waals surface area (Å²) < 4.78 is 29.3. The summed E-state index contributed by atoms with van der Waals surface area (Å²) in [6.45, 7) is 6.83. The van der Waals surface area contributed by atoms with Gasteiger partial charge in [0.25, 0.3) is 5.91 Å². The molecule has 2 atom stereocenters. The summed E-state index contributed by atoms with van der Waals surface area (Å²) in [5.41, 5.74) is 1.27. The predicted molar refractivity (Wildman–Crippen MR) is 113 cm³/mol. The van der Waals surface area contributed by atoms with Gasteiger partial charge >= 0.3 is 0 Å². The van der Waals surface area contributed by atoms with Gasteiger partial charge in [-0.15, -0.1) is 0 Å². The Labute approximate surface area is 180 Å². The maximum Gasteiger partial charge on any atom is 0.272 e. The Morgan fingerprint density at radius 3 is 2.55 bits per heavy atom. The molecule has 0 fully saturated rings. The second kappa shape index (κ2) is 9.13. The minimum Gasteiger partial charge on any atom is -0.357 e. The van der Waals surface area contributed by atoms with Crippen LogP contribution in [0, 0.1) is 17.6 Å². The van der Waals surface area contributed by atoms with Crippen molar-refractivity contribution < 1.29 is 18.4 Å². The number of imidazole rings is 1. The SMILES string of the molecule is CNC(=O)[C@@H](NC(=O)c1nc(-c2ccc(F)c(F)c2)n2c1CN(C)C(C)CC2)C(C)C. The topological polar surface area (TPSA) is 79.3 Å². The summed E-state index contributed by atoms with van der Waals surface area (Å²) >= 11 is 0. The van der Waals surface area contributed by atoms with E-state index >= 15 is 0 Å². The molecule has 0 spiro atoms. The van der Waals surface area contributed by atoms with Gasteiger partial charge in [-0.05, 0) is 44.5 Å². The molecule has 2 aromatic rings. The van der Waals surface area contributed by atoms with Gasteiger partial charge in [0.2, 0.25) is 5.91 Å². The number of halogens is 2. The number of likely N-dealkylation sites (N-methyl/N-ethyl adjacent to an activating group) is 1. The number of nitrogens with one attached hydrogen (secondary N) is 2. The van der Waals surface area contributed by atoms with Crippen LogP contribution >= 0.6 is 0 Å². The quantitative estimate of drug-likeness (QED) is 0.760. The molecule has 31 heavy (non-hydrogen) atoms. The fourth-order valence-electron chi connectivity index (χ4n) is 3.75. The molecule has 1 aromatic carbocycles. The maximum absolute atomic E-state index is 13.9. The molecule has 0 radical (unpaired) electrons. The van der Waals surface area contributed by atoms with Gasteiger partial charge < -0.3 is 15.2 Å². The normalized spacial score (nSPS) is 17.7. The van der Waals surface area contributed by atoms with Gasteiger partial charge in [0.05, 0.1) is 5.69 Å². The van der Waals surface area contributed by atoms with Gasteiger partial charge in [-0.1, -0.05) is 13.8 Å². The molecule has 0 saturated heterocycles. The Balaban J connectivity index is 2.08. The highest BCUT2D eigenvalue weighted by Crippen LogP contribution is 2.28. The number of benzene rings is 1. The molecule has 2 N–H and O–H groups in total. The summed E-state index contributed by atoms with van der Waals surface area (Å²) in [6, 6.07) is 3.14. The van der Waals surface area contributed by atoms with Gasteiger partial charge in [-0.3, -0.25) is 14.5 Å². The number of carbonyl (C=O) groups is 2. The lowest BCUT2D eigenvalue weighted by atomic mass is 10.0. The first-order chi connectivity index (χ1) is 14.6. The van der Waals surface area contributed by atoms with E-state index in [-0.39, 0.29) is 23.6 Å². The van der Waals surface area contributed by atoms with Crippen LogP contribution in [0.4, 0.5) is 8.78 Å². The summed E-state index contributed by atoms with van der Waals surface area (Å²) in [5.74, 6) is -2.40. The first kappa shape index (κ1) is 22.9. The van der Waals surface area contributed by atoms with Gasteiger partial charge in [-0.2, -0.15) is 0 Å².